The van der Waals surface area contributed by atoms with E-state index < -0.39 is 0 Å². The molecule has 0 aliphatic rings. The number of thiazole rings is 1. The van der Waals surface area contributed by atoms with Crippen LogP contribution in [0.5, 0.6) is 5.75 Å². The first-order valence-corrected chi connectivity index (χ1v) is 11.7. The van der Waals surface area contributed by atoms with Crippen molar-refractivity contribution >= 4 is 34.0 Å². The van der Waals surface area contributed by atoms with E-state index >= 15 is 0 Å². The van der Waals surface area contributed by atoms with E-state index in [0.29, 0.717) is 12.4 Å². The van der Waals surface area contributed by atoms with Gasteiger partial charge in [0.15, 0.2) is 16.7 Å². The molecule has 4 aromatic rings. The predicted molar refractivity (Wildman–Crippen MR) is 126 cm³/mol. The van der Waals surface area contributed by atoms with E-state index in [9.17, 15) is 0 Å². The second-order valence-electron chi connectivity index (χ2n) is 6.80. The smallest absolute Gasteiger partial charge is 0.188 e. The Morgan fingerprint density at radius 2 is 1.73 bits per heavy atom. The lowest BCUT2D eigenvalue weighted by molar-refractivity contribution is 0.306. The van der Waals surface area contributed by atoms with Crippen molar-refractivity contribution in [2.24, 2.45) is 0 Å². The molecule has 0 aliphatic carbocycles. The topological polar surface area (TPSA) is 47.0 Å². The van der Waals surface area contributed by atoms with Crippen LogP contribution in [0, 0.1) is 6.92 Å². The molecule has 0 amide bonds. The van der Waals surface area contributed by atoms with Gasteiger partial charge >= 0.3 is 0 Å². The van der Waals surface area contributed by atoms with Gasteiger partial charge in [-0.25, -0.2) is 9.97 Å². The largest absolute Gasteiger partial charge is 0.485 e. The Hall–Kier alpha value is -2.83. The number of ether oxygens (including phenoxy) is 1. The van der Waals surface area contributed by atoms with E-state index in [-0.39, 0.29) is 0 Å². The third-order valence-electron chi connectivity index (χ3n) is 4.41. The fraction of sp³-hybridized carbons (Fsp3) is 0.167. The molecule has 0 bridgehead atoms. The van der Waals surface area contributed by atoms with Gasteiger partial charge in [0, 0.05) is 22.2 Å². The molecule has 30 heavy (non-hydrogen) atoms. The van der Waals surface area contributed by atoms with E-state index in [1.165, 1.54) is 5.56 Å². The zero-order valence-electron chi connectivity index (χ0n) is 16.7. The zero-order chi connectivity index (χ0) is 20.6. The minimum absolute atomic E-state index is 0.492. The fourth-order valence-electron chi connectivity index (χ4n) is 2.89. The molecule has 6 heteroatoms. The molecule has 0 atom stereocenters. The summed E-state index contributed by atoms with van der Waals surface area (Å²) in [6, 6.07) is 22.8. The summed E-state index contributed by atoms with van der Waals surface area (Å²) in [4.78, 5) is 10.2. The molecule has 0 saturated heterocycles. The predicted octanol–water partition coefficient (Wildman–Crippen LogP) is 6.50. The molecule has 1 N–H and O–H groups in total. The van der Waals surface area contributed by atoms with Crippen LogP contribution in [-0.4, -0.2) is 15.7 Å². The quantitative estimate of drug-likeness (QED) is 0.305. The van der Waals surface area contributed by atoms with Gasteiger partial charge in [-0.1, -0.05) is 60.7 Å². The highest BCUT2D eigenvalue weighted by molar-refractivity contribution is 7.99. The number of nitrogens with one attached hydrogen (secondary N) is 1. The molecule has 0 fully saturated rings. The van der Waals surface area contributed by atoms with E-state index in [4.69, 9.17) is 4.74 Å². The van der Waals surface area contributed by atoms with Crippen LogP contribution in [0.25, 0.3) is 0 Å². The Kier molecular flexibility index (Phi) is 7.00. The van der Waals surface area contributed by atoms with Crippen molar-refractivity contribution in [1.29, 1.82) is 0 Å². The molecule has 4 nitrogen and oxygen atoms in total. The van der Waals surface area contributed by atoms with Crippen LogP contribution >= 0.6 is 23.1 Å². The first-order chi connectivity index (χ1) is 14.8. The van der Waals surface area contributed by atoms with Crippen molar-refractivity contribution in [1.82, 2.24) is 9.97 Å². The Morgan fingerprint density at radius 3 is 2.43 bits per heavy atom. The lowest BCUT2D eigenvalue weighted by Crippen LogP contribution is -2.01. The van der Waals surface area contributed by atoms with Gasteiger partial charge in [-0.05, 0) is 30.5 Å². The second-order valence-corrected chi connectivity index (χ2v) is 8.82. The third-order valence-corrected chi connectivity index (χ3v) is 6.25. The van der Waals surface area contributed by atoms with Crippen LogP contribution in [-0.2, 0) is 13.0 Å². The van der Waals surface area contributed by atoms with E-state index in [1.807, 2.05) is 42.8 Å². The third kappa shape index (κ3) is 5.84. The number of pyridine rings is 1. The SMILES string of the molecule is Cc1csc(Nc2ncc(SCCc3ccccc3)cc2OCc2ccccc2)n1. The molecule has 2 heterocycles. The molecule has 0 spiro atoms. The molecule has 0 radical (unpaired) electrons. The van der Waals surface area contributed by atoms with E-state index in [2.05, 4.69) is 57.7 Å². The second kappa shape index (κ2) is 10.3. The maximum absolute atomic E-state index is 6.15. The first kappa shape index (κ1) is 20.4. The molecule has 0 aliphatic heterocycles. The van der Waals surface area contributed by atoms with Gasteiger partial charge in [-0.15, -0.1) is 23.1 Å². The maximum Gasteiger partial charge on any atom is 0.188 e. The van der Waals surface area contributed by atoms with Gasteiger partial charge < -0.3 is 10.1 Å². The Balaban J connectivity index is 1.47. The van der Waals surface area contributed by atoms with Crippen LogP contribution in [0.4, 0.5) is 10.9 Å². The average molecular weight is 434 g/mol. The number of anilines is 2. The van der Waals surface area contributed by atoms with Gasteiger partial charge in [-0.2, -0.15) is 0 Å². The molecule has 2 aromatic heterocycles. The van der Waals surface area contributed by atoms with Crippen molar-refractivity contribution in [2.75, 3.05) is 11.1 Å². The summed E-state index contributed by atoms with van der Waals surface area (Å²) in [6.07, 6.45) is 2.91. The van der Waals surface area contributed by atoms with E-state index in [1.54, 1.807) is 23.1 Å². The molecule has 0 saturated carbocycles. The number of rotatable bonds is 9. The summed E-state index contributed by atoms with van der Waals surface area (Å²) in [7, 11) is 0. The maximum atomic E-state index is 6.15. The number of aromatic nitrogens is 2. The summed E-state index contributed by atoms with van der Waals surface area (Å²) in [5.74, 6) is 2.41. The highest BCUT2D eigenvalue weighted by Gasteiger charge is 2.11. The Labute approximate surface area is 185 Å². The molecular weight excluding hydrogens is 410 g/mol. The molecular formula is C24H23N3OS2. The molecule has 2 aromatic carbocycles. The van der Waals surface area contributed by atoms with Crippen LogP contribution in [0.15, 0.2) is 83.2 Å². The number of hydrogen-bond acceptors (Lipinski definition) is 6. The highest BCUT2D eigenvalue weighted by Crippen LogP contribution is 2.32. The van der Waals surface area contributed by atoms with Gasteiger partial charge in [-0.3, -0.25) is 0 Å². The standard InChI is InChI=1S/C24H23N3OS2/c1-18-17-30-24(26-18)27-23-22(28-16-20-10-6-3-7-11-20)14-21(15-25-23)29-13-12-19-8-4-2-5-9-19/h2-11,14-15,17H,12-13,16H2,1H3,(H,25,26,27). The lowest BCUT2D eigenvalue weighted by Gasteiger charge is -2.13. The lowest BCUT2D eigenvalue weighted by atomic mass is 10.2. The number of nitrogens with zero attached hydrogens (tertiary/aromatic N) is 2. The van der Waals surface area contributed by atoms with Crippen molar-refractivity contribution in [3.8, 4) is 5.75 Å². The van der Waals surface area contributed by atoms with Crippen molar-refractivity contribution in [2.45, 2.75) is 24.8 Å². The number of thioether (sulfide) groups is 1. The molecule has 4 rings (SSSR count). The summed E-state index contributed by atoms with van der Waals surface area (Å²) >= 11 is 3.35. The number of aryl methyl sites for hydroxylation is 2. The summed E-state index contributed by atoms with van der Waals surface area (Å²) in [5, 5.41) is 6.13. The number of hydrogen-bond donors (Lipinski definition) is 1. The van der Waals surface area contributed by atoms with Crippen LogP contribution in [0.1, 0.15) is 16.8 Å². The van der Waals surface area contributed by atoms with Gasteiger partial charge in [0.25, 0.3) is 0 Å². The Morgan fingerprint density at radius 1 is 1.00 bits per heavy atom. The van der Waals surface area contributed by atoms with Gasteiger partial charge in [0.05, 0.1) is 5.69 Å². The number of benzene rings is 2. The summed E-state index contributed by atoms with van der Waals surface area (Å²) in [6.45, 7) is 2.47. The normalized spacial score (nSPS) is 10.7. The summed E-state index contributed by atoms with van der Waals surface area (Å²) < 4.78 is 6.15. The zero-order valence-corrected chi connectivity index (χ0v) is 18.4. The average Bonchev–Trinajstić information content (AvgIpc) is 3.19. The van der Waals surface area contributed by atoms with Crippen molar-refractivity contribution in [3.05, 3.63) is 95.1 Å². The molecule has 152 valence electrons. The Bertz CT molecular complexity index is 1070. The fourth-order valence-corrected chi connectivity index (χ4v) is 4.47. The highest BCUT2D eigenvalue weighted by atomic mass is 32.2. The van der Waals surface area contributed by atoms with Crippen LogP contribution in [0.3, 0.4) is 0 Å². The van der Waals surface area contributed by atoms with Crippen LogP contribution in [0.2, 0.25) is 0 Å². The van der Waals surface area contributed by atoms with Gasteiger partial charge in [0.2, 0.25) is 0 Å². The van der Waals surface area contributed by atoms with Gasteiger partial charge in [0.1, 0.15) is 6.61 Å². The minimum Gasteiger partial charge on any atom is -0.485 e. The van der Waals surface area contributed by atoms with Crippen LogP contribution < -0.4 is 10.1 Å². The van der Waals surface area contributed by atoms with Crippen molar-refractivity contribution in [3.63, 3.8) is 0 Å². The van der Waals surface area contributed by atoms with E-state index in [0.717, 1.165) is 39.2 Å². The monoisotopic (exact) mass is 433 g/mol. The minimum atomic E-state index is 0.492. The summed E-state index contributed by atoms with van der Waals surface area (Å²) in [5.41, 5.74) is 3.45. The molecule has 0 unspecified atom stereocenters. The van der Waals surface area contributed by atoms with Crippen molar-refractivity contribution < 1.29 is 4.74 Å². The first-order valence-electron chi connectivity index (χ1n) is 9.79.